The molecule has 0 saturated carbocycles. The van der Waals surface area contributed by atoms with E-state index in [1.54, 1.807) is 0 Å². The van der Waals surface area contributed by atoms with Gasteiger partial charge in [-0.3, -0.25) is 4.79 Å². The molecule has 1 aromatic carbocycles. The van der Waals surface area contributed by atoms with Crippen molar-refractivity contribution >= 4 is 5.78 Å². The fourth-order valence-corrected chi connectivity index (χ4v) is 2.19. The van der Waals surface area contributed by atoms with Crippen molar-refractivity contribution in [3.63, 3.8) is 0 Å². The van der Waals surface area contributed by atoms with Gasteiger partial charge in [-0.25, -0.2) is 8.78 Å². The van der Waals surface area contributed by atoms with E-state index in [9.17, 15) is 13.6 Å². The molecule has 1 saturated heterocycles. The molecule has 19 heavy (non-hydrogen) atoms. The maximum absolute atomic E-state index is 13.0. The second kappa shape index (κ2) is 6.21. The Labute approximate surface area is 111 Å². The molecule has 2 rings (SSSR count). The number of nitrogens with zero attached hydrogens (tertiary/aromatic N) is 1. The fourth-order valence-electron chi connectivity index (χ4n) is 2.19. The molecule has 1 heterocycles. The highest BCUT2D eigenvalue weighted by molar-refractivity contribution is 5.96. The van der Waals surface area contributed by atoms with Gasteiger partial charge >= 0.3 is 0 Å². The summed E-state index contributed by atoms with van der Waals surface area (Å²) in [6.07, 6.45) is 1.20. The molecule has 0 aliphatic carbocycles. The molecule has 0 N–H and O–H groups in total. The van der Waals surface area contributed by atoms with Crippen molar-refractivity contribution in [3.8, 4) is 0 Å². The van der Waals surface area contributed by atoms with Gasteiger partial charge in [-0.1, -0.05) is 0 Å². The Morgan fingerprint density at radius 2 is 2.05 bits per heavy atom. The number of halogens is 2. The topological polar surface area (TPSA) is 29.5 Å². The summed E-state index contributed by atoms with van der Waals surface area (Å²) in [5.41, 5.74) is 0.0913. The molecule has 1 atom stereocenters. The average molecular weight is 269 g/mol. The van der Waals surface area contributed by atoms with Crippen LogP contribution in [-0.4, -0.2) is 43.5 Å². The first-order chi connectivity index (χ1) is 9.06. The van der Waals surface area contributed by atoms with Gasteiger partial charge in [0.25, 0.3) is 0 Å². The molecule has 1 unspecified atom stereocenters. The molecule has 0 amide bonds. The average Bonchev–Trinajstić information content (AvgIpc) is 2.88. The van der Waals surface area contributed by atoms with Gasteiger partial charge in [0.2, 0.25) is 0 Å². The monoisotopic (exact) mass is 269 g/mol. The van der Waals surface area contributed by atoms with Gasteiger partial charge in [-0.05, 0) is 25.6 Å². The number of benzene rings is 1. The first-order valence-electron chi connectivity index (χ1n) is 6.33. The number of Topliss-reactive ketones (excluding diaryl/α,β-unsaturated/α-hetero) is 1. The number of ether oxygens (including phenoxy) is 1. The molecule has 1 aliphatic heterocycles. The van der Waals surface area contributed by atoms with Crippen molar-refractivity contribution in [2.24, 2.45) is 0 Å². The van der Waals surface area contributed by atoms with E-state index < -0.39 is 11.6 Å². The molecule has 0 spiro atoms. The third-order valence-electron chi connectivity index (χ3n) is 3.41. The second-order valence-electron chi connectivity index (χ2n) is 4.83. The molecule has 0 bridgehead atoms. The van der Waals surface area contributed by atoms with Gasteiger partial charge in [0.15, 0.2) is 5.78 Å². The number of carbonyl (C=O) groups is 1. The highest BCUT2D eigenvalue weighted by Crippen LogP contribution is 2.13. The van der Waals surface area contributed by atoms with Crippen molar-refractivity contribution < 1.29 is 18.3 Å². The summed E-state index contributed by atoms with van der Waals surface area (Å²) in [4.78, 5) is 13.9. The van der Waals surface area contributed by atoms with Crippen LogP contribution in [0.1, 0.15) is 23.2 Å². The van der Waals surface area contributed by atoms with Crippen molar-refractivity contribution in [1.29, 1.82) is 0 Å². The first-order valence-corrected chi connectivity index (χ1v) is 6.33. The normalized spacial score (nSPS) is 19.1. The lowest BCUT2D eigenvalue weighted by atomic mass is 10.1. The summed E-state index contributed by atoms with van der Waals surface area (Å²) >= 11 is 0. The summed E-state index contributed by atoms with van der Waals surface area (Å²) in [5.74, 6) is -1.69. The van der Waals surface area contributed by atoms with E-state index in [2.05, 4.69) is 4.90 Å². The van der Waals surface area contributed by atoms with Crippen molar-refractivity contribution in [1.82, 2.24) is 4.90 Å². The van der Waals surface area contributed by atoms with Crippen LogP contribution in [-0.2, 0) is 4.74 Å². The lowest BCUT2D eigenvalue weighted by Gasteiger charge is -2.22. The largest absolute Gasteiger partial charge is 0.380 e. The van der Waals surface area contributed by atoms with Crippen molar-refractivity contribution in [3.05, 3.63) is 35.4 Å². The van der Waals surface area contributed by atoms with E-state index in [0.29, 0.717) is 19.2 Å². The molecular weight excluding hydrogens is 252 g/mol. The van der Waals surface area contributed by atoms with Crippen LogP contribution < -0.4 is 0 Å². The summed E-state index contributed by atoms with van der Waals surface area (Å²) in [5, 5.41) is 0. The Hall–Kier alpha value is -1.33. The smallest absolute Gasteiger partial charge is 0.164 e. The summed E-state index contributed by atoms with van der Waals surface area (Å²) < 4.78 is 31.3. The highest BCUT2D eigenvalue weighted by atomic mass is 19.1. The molecule has 3 nitrogen and oxygen atoms in total. The van der Waals surface area contributed by atoms with Gasteiger partial charge in [0.05, 0.1) is 6.61 Å². The SMILES string of the molecule is CN(CCC(=O)c1cc(F)cc(F)c1)C1CCOC1. The zero-order chi connectivity index (χ0) is 13.8. The van der Waals surface area contributed by atoms with Gasteiger partial charge in [-0.2, -0.15) is 0 Å². The van der Waals surface area contributed by atoms with Crippen molar-refractivity contribution in [2.45, 2.75) is 18.9 Å². The van der Waals surface area contributed by atoms with E-state index in [1.165, 1.54) is 0 Å². The van der Waals surface area contributed by atoms with Gasteiger partial charge in [0.1, 0.15) is 11.6 Å². The predicted molar refractivity (Wildman–Crippen MR) is 67.2 cm³/mol. The Morgan fingerprint density at radius 1 is 1.37 bits per heavy atom. The van der Waals surface area contributed by atoms with Crippen LogP contribution in [0, 0.1) is 11.6 Å². The van der Waals surface area contributed by atoms with Crippen molar-refractivity contribution in [2.75, 3.05) is 26.8 Å². The van der Waals surface area contributed by atoms with Crippen LogP contribution >= 0.6 is 0 Å². The minimum Gasteiger partial charge on any atom is -0.380 e. The van der Waals surface area contributed by atoms with Crippen LogP contribution in [0.15, 0.2) is 18.2 Å². The number of ketones is 1. The van der Waals surface area contributed by atoms with Crippen LogP contribution in [0.2, 0.25) is 0 Å². The van der Waals surface area contributed by atoms with Gasteiger partial charge < -0.3 is 9.64 Å². The second-order valence-corrected chi connectivity index (χ2v) is 4.83. The minimum atomic E-state index is -0.721. The Kier molecular flexibility index (Phi) is 4.61. The molecule has 104 valence electrons. The van der Waals surface area contributed by atoms with E-state index in [0.717, 1.165) is 31.2 Å². The minimum absolute atomic E-state index is 0.0913. The summed E-state index contributed by atoms with van der Waals surface area (Å²) in [7, 11) is 1.93. The zero-order valence-electron chi connectivity index (χ0n) is 10.9. The third-order valence-corrected chi connectivity index (χ3v) is 3.41. The fraction of sp³-hybridized carbons (Fsp3) is 0.500. The van der Waals surface area contributed by atoms with Gasteiger partial charge in [0, 0.05) is 37.2 Å². The molecule has 1 fully saturated rings. The Balaban J connectivity index is 1.89. The molecule has 1 aromatic rings. The third kappa shape index (κ3) is 3.81. The predicted octanol–water partition coefficient (Wildman–Crippen LogP) is 2.26. The highest BCUT2D eigenvalue weighted by Gasteiger charge is 2.20. The number of rotatable bonds is 5. The van der Waals surface area contributed by atoms with E-state index >= 15 is 0 Å². The number of carbonyl (C=O) groups excluding carboxylic acids is 1. The molecular formula is C14H17F2NO2. The van der Waals surface area contributed by atoms with Gasteiger partial charge in [-0.15, -0.1) is 0 Å². The number of hydrogen-bond donors (Lipinski definition) is 0. The van der Waals surface area contributed by atoms with E-state index in [4.69, 9.17) is 4.74 Å². The molecule has 0 aromatic heterocycles. The van der Waals surface area contributed by atoms with E-state index in [1.807, 2.05) is 7.05 Å². The molecule has 0 radical (unpaired) electrons. The molecule has 1 aliphatic rings. The van der Waals surface area contributed by atoms with Crippen LogP contribution in [0.25, 0.3) is 0 Å². The Bertz CT molecular complexity index is 439. The molecule has 5 heteroatoms. The summed E-state index contributed by atoms with van der Waals surface area (Å²) in [6.45, 7) is 1.99. The standard InChI is InChI=1S/C14H17F2NO2/c1-17(13-3-5-19-9-13)4-2-14(18)10-6-11(15)8-12(16)7-10/h6-8,13H,2-5,9H2,1H3. The lowest BCUT2D eigenvalue weighted by molar-refractivity contribution is 0.0953. The maximum atomic E-state index is 13.0. The van der Waals surface area contributed by atoms with Crippen LogP contribution in [0.3, 0.4) is 0 Å². The van der Waals surface area contributed by atoms with E-state index in [-0.39, 0.29) is 17.8 Å². The first kappa shape index (κ1) is 14.1. The lowest BCUT2D eigenvalue weighted by Crippen LogP contribution is -2.33. The number of hydrogen-bond acceptors (Lipinski definition) is 3. The van der Waals surface area contributed by atoms with Crippen LogP contribution in [0.4, 0.5) is 8.78 Å². The Morgan fingerprint density at radius 3 is 2.63 bits per heavy atom. The maximum Gasteiger partial charge on any atom is 0.164 e. The summed E-state index contributed by atoms with van der Waals surface area (Å²) in [6, 6.07) is 3.24. The number of likely N-dealkylation sites (N-methyl/N-ethyl adjacent to an activating group) is 1. The zero-order valence-corrected chi connectivity index (χ0v) is 10.9. The van der Waals surface area contributed by atoms with Crippen LogP contribution in [0.5, 0.6) is 0 Å². The quantitative estimate of drug-likeness (QED) is 0.768.